The van der Waals surface area contributed by atoms with Gasteiger partial charge in [0.15, 0.2) is 5.43 Å². The molecular formula is C22H22F2N2O. The van der Waals surface area contributed by atoms with E-state index in [-0.39, 0.29) is 10.9 Å². The molecule has 0 radical (unpaired) electrons. The van der Waals surface area contributed by atoms with Gasteiger partial charge in [0.25, 0.3) is 0 Å². The summed E-state index contributed by atoms with van der Waals surface area (Å²) in [6.45, 7) is 6.04. The van der Waals surface area contributed by atoms with Crippen LogP contribution in [0.5, 0.6) is 0 Å². The van der Waals surface area contributed by atoms with Crippen LogP contribution in [0.3, 0.4) is 0 Å². The van der Waals surface area contributed by atoms with Gasteiger partial charge in [-0.15, -0.1) is 0 Å². The number of nitrogens with zero attached hydrogens (tertiary/aromatic N) is 1. The Morgan fingerprint density at radius 1 is 1.07 bits per heavy atom. The van der Waals surface area contributed by atoms with Gasteiger partial charge in [0.1, 0.15) is 11.6 Å². The van der Waals surface area contributed by atoms with Crippen LogP contribution in [-0.2, 0) is 0 Å². The average molecular weight is 368 g/mol. The first-order chi connectivity index (χ1) is 12.9. The summed E-state index contributed by atoms with van der Waals surface area (Å²) in [7, 11) is 0. The second-order valence-corrected chi connectivity index (χ2v) is 7.48. The van der Waals surface area contributed by atoms with Gasteiger partial charge >= 0.3 is 0 Å². The molecule has 1 aliphatic rings. The predicted octanol–water partition coefficient (Wildman–Crippen LogP) is 5.02. The number of anilines is 1. The van der Waals surface area contributed by atoms with Crippen LogP contribution in [0, 0.1) is 24.5 Å². The van der Waals surface area contributed by atoms with Crippen LogP contribution in [0.4, 0.5) is 14.5 Å². The Bertz CT molecular complexity index is 1050. The van der Waals surface area contributed by atoms with E-state index in [1.165, 1.54) is 12.8 Å². The second-order valence-electron chi connectivity index (χ2n) is 7.48. The molecule has 1 aromatic heterocycles. The molecule has 1 N–H and O–H groups in total. The van der Waals surface area contributed by atoms with E-state index >= 15 is 0 Å². The molecule has 1 fully saturated rings. The molecule has 0 unspecified atom stereocenters. The number of piperidine rings is 1. The van der Waals surface area contributed by atoms with Crippen molar-refractivity contribution in [1.29, 1.82) is 0 Å². The molecule has 1 aliphatic heterocycles. The maximum absolute atomic E-state index is 14.0. The summed E-state index contributed by atoms with van der Waals surface area (Å²) >= 11 is 0. The number of fused-ring (bicyclic) bond motifs is 1. The summed E-state index contributed by atoms with van der Waals surface area (Å²) in [6, 6.07) is 9.89. The van der Waals surface area contributed by atoms with Crippen LogP contribution in [0.15, 0.2) is 41.2 Å². The monoisotopic (exact) mass is 368 g/mol. The number of hydrogen-bond donors (Lipinski definition) is 1. The van der Waals surface area contributed by atoms with Crippen LogP contribution in [-0.4, -0.2) is 18.1 Å². The average Bonchev–Trinajstić information content (AvgIpc) is 2.65. The number of aromatic amines is 1. The van der Waals surface area contributed by atoms with Gasteiger partial charge in [-0.1, -0.05) is 19.1 Å². The summed E-state index contributed by atoms with van der Waals surface area (Å²) in [5.41, 5.74) is 2.76. The maximum Gasteiger partial charge on any atom is 0.195 e. The zero-order valence-electron chi connectivity index (χ0n) is 15.5. The summed E-state index contributed by atoms with van der Waals surface area (Å²) in [6.07, 6.45) is 2.38. The number of halogens is 2. The molecular weight excluding hydrogens is 346 g/mol. The normalized spacial score (nSPS) is 15.5. The molecule has 4 rings (SSSR count). The molecule has 3 nitrogen and oxygen atoms in total. The van der Waals surface area contributed by atoms with Crippen molar-refractivity contribution < 1.29 is 8.78 Å². The Labute approximate surface area is 156 Å². The minimum atomic E-state index is -0.837. The van der Waals surface area contributed by atoms with E-state index in [2.05, 4.69) is 16.8 Å². The number of aromatic nitrogens is 1. The van der Waals surface area contributed by atoms with Gasteiger partial charge in [-0.3, -0.25) is 4.79 Å². The highest BCUT2D eigenvalue weighted by Crippen LogP contribution is 2.28. The van der Waals surface area contributed by atoms with Gasteiger partial charge in [0, 0.05) is 30.4 Å². The SMILES string of the molecule is Cc1c(-c2ccc(N3CCC(C)CC3)cc2)[nH]c2cc(F)cc(F)c2c1=O. The van der Waals surface area contributed by atoms with Crippen molar-refractivity contribution in [1.82, 2.24) is 4.98 Å². The van der Waals surface area contributed by atoms with Crippen LogP contribution < -0.4 is 10.3 Å². The van der Waals surface area contributed by atoms with Gasteiger partial charge in [0.2, 0.25) is 0 Å². The van der Waals surface area contributed by atoms with Gasteiger partial charge in [0.05, 0.1) is 16.6 Å². The highest BCUT2D eigenvalue weighted by molar-refractivity contribution is 5.84. The number of rotatable bonds is 2. The van der Waals surface area contributed by atoms with E-state index in [4.69, 9.17) is 0 Å². The molecule has 3 aromatic rings. The Hall–Kier alpha value is -2.69. The summed E-state index contributed by atoms with van der Waals surface area (Å²) < 4.78 is 27.6. The molecule has 140 valence electrons. The molecule has 0 saturated carbocycles. The van der Waals surface area contributed by atoms with Crippen molar-refractivity contribution in [3.8, 4) is 11.3 Å². The third kappa shape index (κ3) is 3.22. The molecule has 5 heteroatoms. The second kappa shape index (κ2) is 6.80. The van der Waals surface area contributed by atoms with E-state index < -0.39 is 17.1 Å². The summed E-state index contributed by atoms with van der Waals surface area (Å²) in [5, 5.41) is -0.100. The first-order valence-corrected chi connectivity index (χ1v) is 9.31. The minimum Gasteiger partial charge on any atom is -0.372 e. The van der Waals surface area contributed by atoms with Gasteiger partial charge in [-0.25, -0.2) is 8.78 Å². The number of benzene rings is 2. The predicted molar refractivity (Wildman–Crippen MR) is 105 cm³/mol. The third-order valence-electron chi connectivity index (χ3n) is 5.56. The standard InChI is InChI=1S/C22H22F2N2O/c1-13-7-9-26(10-8-13)17-5-3-15(4-6-17)21-14(2)22(27)20-18(24)11-16(23)12-19(20)25-21/h3-6,11-13H,7-10H2,1-2H3,(H,25,27). The molecule has 0 bridgehead atoms. The Kier molecular flexibility index (Phi) is 4.46. The van der Waals surface area contributed by atoms with Crippen LogP contribution in [0.2, 0.25) is 0 Å². The zero-order valence-corrected chi connectivity index (χ0v) is 15.5. The molecule has 0 aliphatic carbocycles. The lowest BCUT2D eigenvalue weighted by molar-refractivity contribution is 0.438. The van der Waals surface area contributed by atoms with Crippen molar-refractivity contribution in [3.63, 3.8) is 0 Å². The number of hydrogen-bond acceptors (Lipinski definition) is 2. The first kappa shape index (κ1) is 17.7. The van der Waals surface area contributed by atoms with E-state index in [1.807, 2.05) is 24.3 Å². The fourth-order valence-corrected chi connectivity index (χ4v) is 3.83. The van der Waals surface area contributed by atoms with Gasteiger partial charge in [-0.2, -0.15) is 0 Å². The number of pyridine rings is 1. The van der Waals surface area contributed by atoms with Crippen LogP contribution in [0.1, 0.15) is 25.3 Å². The number of H-pyrrole nitrogens is 1. The molecule has 1 saturated heterocycles. The van der Waals surface area contributed by atoms with Crippen molar-refractivity contribution in [3.05, 3.63) is 63.8 Å². The third-order valence-corrected chi connectivity index (χ3v) is 5.56. The zero-order chi connectivity index (χ0) is 19.1. The van der Waals surface area contributed by atoms with E-state index in [0.717, 1.165) is 42.4 Å². The molecule has 0 amide bonds. The molecule has 2 heterocycles. The largest absolute Gasteiger partial charge is 0.372 e. The Morgan fingerprint density at radius 2 is 1.74 bits per heavy atom. The topological polar surface area (TPSA) is 36.1 Å². The van der Waals surface area contributed by atoms with E-state index in [9.17, 15) is 13.6 Å². The highest BCUT2D eigenvalue weighted by Gasteiger charge is 2.17. The quantitative estimate of drug-likeness (QED) is 0.690. The summed E-state index contributed by atoms with van der Waals surface area (Å²) in [5.74, 6) is -0.776. The highest BCUT2D eigenvalue weighted by atomic mass is 19.1. The minimum absolute atomic E-state index is 0.100. The van der Waals surface area contributed by atoms with Crippen molar-refractivity contribution in [2.75, 3.05) is 18.0 Å². The van der Waals surface area contributed by atoms with Crippen molar-refractivity contribution in [2.24, 2.45) is 5.92 Å². The van der Waals surface area contributed by atoms with Crippen molar-refractivity contribution >= 4 is 16.6 Å². The Balaban J connectivity index is 1.74. The number of nitrogens with one attached hydrogen (secondary N) is 1. The van der Waals surface area contributed by atoms with Crippen molar-refractivity contribution in [2.45, 2.75) is 26.7 Å². The lowest BCUT2D eigenvalue weighted by Gasteiger charge is -2.32. The molecule has 0 spiro atoms. The van der Waals surface area contributed by atoms with Crippen LogP contribution >= 0.6 is 0 Å². The molecule has 27 heavy (non-hydrogen) atoms. The summed E-state index contributed by atoms with van der Waals surface area (Å²) in [4.78, 5) is 18.0. The lowest BCUT2D eigenvalue weighted by Crippen LogP contribution is -2.32. The van der Waals surface area contributed by atoms with E-state index in [0.29, 0.717) is 11.3 Å². The van der Waals surface area contributed by atoms with Crippen LogP contribution in [0.25, 0.3) is 22.2 Å². The van der Waals surface area contributed by atoms with E-state index in [1.54, 1.807) is 6.92 Å². The molecule has 0 atom stereocenters. The van der Waals surface area contributed by atoms with Gasteiger partial charge < -0.3 is 9.88 Å². The fraction of sp³-hybridized carbons (Fsp3) is 0.318. The molecule has 2 aromatic carbocycles. The Morgan fingerprint density at radius 3 is 2.41 bits per heavy atom. The fourth-order valence-electron chi connectivity index (χ4n) is 3.83. The maximum atomic E-state index is 14.0. The first-order valence-electron chi connectivity index (χ1n) is 9.31. The smallest absolute Gasteiger partial charge is 0.195 e. The van der Waals surface area contributed by atoms with Gasteiger partial charge in [-0.05, 0) is 49.4 Å². The lowest BCUT2D eigenvalue weighted by atomic mass is 9.98.